The lowest BCUT2D eigenvalue weighted by Gasteiger charge is -2.14. The van der Waals surface area contributed by atoms with Crippen molar-refractivity contribution in [2.75, 3.05) is 12.4 Å². The van der Waals surface area contributed by atoms with Gasteiger partial charge in [0.2, 0.25) is 15.9 Å². The summed E-state index contributed by atoms with van der Waals surface area (Å²) in [5, 5.41) is 3.09. The van der Waals surface area contributed by atoms with Crippen molar-refractivity contribution in [2.24, 2.45) is 0 Å². The van der Waals surface area contributed by atoms with E-state index >= 15 is 0 Å². The molecule has 33 heavy (non-hydrogen) atoms. The fraction of sp³-hybridized carbons (Fsp3) is 0.227. The first-order chi connectivity index (χ1) is 15.6. The van der Waals surface area contributed by atoms with Gasteiger partial charge in [0.05, 0.1) is 12.0 Å². The number of esters is 1. The minimum atomic E-state index is -3.97. The number of carbonyl (C=O) groups is 2. The Kier molecular flexibility index (Phi) is 7.14. The van der Waals surface area contributed by atoms with Crippen molar-refractivity contribution < 1.29 is 31.9 Å². The van der Waals surface area contributed by atoms with Crippen LogP contribution in [0.5, 0.6) is 5.75 Å². The Morgan fingerprint density at radius 1 is 1.09 bits per heavy atom. The van der Waals surface area contributed by atoms with E-state index in [1.807, 2.05) is 0 Å². The van der Waals surface area contributed by atoms with E-state index in [2.05, 4.69) is 10.0 Å². The number of nitrogens with one attached hydrogen (secondary N) is 2. The molecule has 1 heterocycles. The monoisotopic (exact) mass is 474 g/mol. The van der Waals surface area contributed by atoms with Gasteiger partial charge < -0.3 is 19.2 Å². The van der Waals surface area contributed by atoms with E-state index < -0.39 is 27.7 Å². The Morgan fingerprint density at radius 3 is 2.42 bits per heavy atom. The molecule has 1 aromatic heterocycles. The molecule has 0 saturated carbocycles. The molecule has 2 aromatic carbocycles. The summed E-state index contributed by atoms with van der Waals surface area (Å²) in [5.74, 6) is -0.624. The minimum Gasteiger partial charge on any atom is -0.497 e. The molecule has 0 radical (unpaired) electrons. The molecule has 0 aliphatic carbocycles. The molecule has 1 unspecified atom stereocenters. The molecule has 174 valence electrons. The van der Waals surface area contributed by atoms with Gasteiger partial charge in [-0.15, -0.1) is 0 Å². The van der Waals surface area contributed by atoms with Crippen LogP contribution in [0.3, 0.4) is 0 Å². The Hall–Kier alpha value is -3.70. The normalized spacial score (nSPS) is 12.2. The van der Waals surface area contributed by atoms with Crippen molar-refractivity contribution in [3.8, 4) is 5.75 Å². The van der Waals surface area contributed by atoms with Crippen LogP contribution >= 0.6 is 0 Å². The van der Waals surface area contributed by atoms with Gasteiger partial charge in [-0.1, -0.05) is 0 Å². The molecule has 0 saturated heterocycles. The highest BCUT2D eigenvalue weighted by Gasteiger charge is 2.23. The SMILES string of the molecule is COc1ccc(S(=O)(=O)NC(C)C(=O)OCc2cc(=O)oc3cc(NC(C)=O)ccc23)cc1. The third-order valence-corrected chi connectivity index (χ3v) is 6.13. The highest BCUT2D eigenvalue weighted by molar-refractivity contribution is 7.89. The van der Waals surface area contributed by atoms with Crippen LogP contribution in [0.25, 0.3) is 11.0 Å². The van der Waals surface area contributed by atoms with Crippen molar-refractivity contribution in [3.63, 3.8) is 0 Å². The molecule has 1 amide bonds. The van der Waals surface area contributed by atoms with Gasteiger partial charge in [-0.3, -0.25) is 9.59 Å². The first-order valence-corrected chi connectivity index (χ1v) is 11.2. The third kappa shape index (κ3) is 5.96. The van der Waals surface area contributed by atoms with E-state index in [0.717, 1.165) is 0 Å². The maximum Gasteiger partial charge on any atom is 0.336 e. The first kappa shape index (κ1) is 24.0. The van der Waals surface area contributed by atoms with Crippen molar-refractivity contribution >= 4 is 38.6 Å². The number of sulfonamides is 1. The van der Waals surface area contributed by atoms with E-state index in [0.29, 0.717) is 22.4 Å². The van der Waals surface area contributed by atoms with Gasteiger partial charge >= 0.3 is 11.6 Å². The molecular weight excluding hydrogens is 452 g/mol. The average Bonchev–Trinajstić information content (AvgIpc) is 2.76. The molecule has 11 heteroatoms. The molecule has 3 rings (SSSR count). The lowest BCUT2D eigenvalue weighted by Crippen LogP contribution is -2.39. The number of ether oxygens (including phenoxy) is 2. The van der Waals surface area contributed by atoms with Gasteiger partial charge in [0.1, 0.15) is 24.0 Å². The zero-order valence-electron chi connectivity index (χ0n) is 18.1. The van der Waals surface area contributed by atoms with E-state index in [4.69, 9.17) is 13.9 Å². The van der Waals surface area contributed by atoms with Gasteiger partial charge in [0.15, 0.2) is 0 Å². The third-order valence-electron chi connectivity index (χ3n) is 4.58. The molecule has 0 aliphatic heterocycles. The molecule has 1 atom stereocenters. The molecule has 0 bridgehead atoms. The molecule has 2 N–H and O–H groups in total. The van der Waals surface area contributed by atoms with Gasteiger partial charge in [0.25, 0.3) is 0 Å². The summed E-state index contributed by atoms with van der Waals surface area (Å²) < 4.78 is 42.7. The van der Waals surface area contributed by atoms with E-state index in [1.165, 1.54) is 57.4 Å². The van der Waals surface area contributed by atoms with E-state index in [9.17, 15) is 22.8 Å². The summed E-state index contributed by atoms with van der Waals surface area (Å²) in [6.45, 7) is 2.41. The predicted octanol–water partition coefficient (Wildman–Crippen LogP) is 2.17. The van der Waals surface area contributed by atoms with Crippen LogP contribution in [0.1, 0.15) is 19.4 Å². The van der Waals surface area contributed by atoms with Crippen LogP contribution in [0.15, 0.2) is 62.6 Å². The Morgan fingerprint density at radius 2 is 1.79 bits per heavy atom. The zero-order valence-corrected chi connectivity index (χ0v) is 18.9. The number of rotatable bonds is 8. The summed E-state index contributed by atoms with van der Waals surface area (Å²) in [7, 11) is -2.51. The summed E-state index contributed by atoms with van der Waals surface area (Å²) in [5.41, 5.74) is 0.345. The van der Waals surface area contributed by atoms with Crippen molar-refractivity contribution in [1.82, 2.24) is 4.72 Å². The zero-order chi connectivity index (χ0) is 24.2. The maximum atomic E-state index is 12.5. The second-order valence-corrected chi connectivity index (χ2v) is 8.82. The number of carbonyl (C=O) groups excluding carboxylic acids is 2. The Bertz CT molecular complexity index is 1350. The second-order valence-electron chi connectivity index (χ2n) is 7.11. The van der Waals surface area contributed by atoms with Crippen molar-refractivity contribution in [2.45, 2.75) is 31.4 Å². The van der Waals surface area contributed by atoms with Crippen molar-refractivity contribution in [1.29, 1.82) is 0 Å². The van der Waals surface area contributed by atoms with Gasteiger partial charge in [0, 0.05) is 35.7 Å². The molecule has 0 spiro atoms. The average molecular weight is 474 g/mol. The van der Waals surface area contributed by atoms with E-state index in [-0.39, 0.29) is 23.0 Å². The van der Waals surface area contributed by atoms with Gasteiger partial charge in [-0.2, -0.15) is 4.72 Å². The highest BCUT2D eigenvalue weighted by Crippen LogP contribution is 2.22. The summed E-state index contributed by atoms with van der Waals surface area (Å²) >= 11 is 0. The Balaban J connectivity index is 1.71. The van der Waals surface area contributed by atoms with Crippen LogP contribution in [0.4, 0.5) is 5.69 Å². The number of amides is 1. The largest absolute Gasteiger partial charge is 0.497 e. The number of benzene rings is 2. The summed E-state index contributed by atoms with van der Waals surface area (Å²) in [6, 6.07) is 10.4. The summed E-state index contributed by atoms with van der Waals surface area (Å²) in [6.07, 6.45) is 0. The van der Waals surface area contributed by atoms with Gasteiger partial charge in [-0.25, -0.2) is 13.2 Å². The maximum absolute atomic E-state index is 12.5. The second kappa shape index (κ2) is 9.84. The van der Waals surface area contributed by atoms with Crippen LogP contribution in [0.2, 0.25) is 0 Å². The predicted molar refractivity (Wildman–Crippen MR) is 119 cm³/mol. The topological polar surface area (TPSA) is 141 Å². The first-order valence-electron chi connectivity index (χ1n) is 9.76. The fourth-order valence-electron chi connectivity index (χ4n) is 3.01. The number of methoxy groups -OCH3 is 1. The molecule has 0 aliphatic rings. The highest BCUT2D eigenvalue weighted by atomic mass is 32.2. The molecule has 0 fully saturated rings. The molecule has 3 aromatic rings. The summed E-state index contributed by atoms with van der Waals surface area (Å²) in [4.78, 5) is 35.5. The van der Waals surface area contributed by atoms with Crippen LogP contribution in [-0.2, 0) is 31.0 Å². The number of anilines is 1. The Labute approximate surface area is 189 Å². The molecular formula is C22H22N2O8S. The number of hydrogen-bond acceptors (Lipinski definition) is 8. The smallest absolute Gasteiger partial charge is 0.336 e. The fourth-order valence-corrected chi connectivity index (χ4v) is 4.20. The number of fused-ring (bicyclic) bond motifs is 1. The van der Waals surface area contributed by atoms with Crippen molar-refractivity contribution in [3.05, 3.63) is 64.5 Å². The number of hydrogen-bond donors (Lipinski definition) is 2. The lowest BCUT2D eigenvalue weighted by molar-refractivity contribution is -0.146. The van der Waals surface area contributed by atoms with Crippen LogP contribution in [0, 0.1) is 0 Å². The van der Waals surface area contributed by atoms with Crippen LogP contribution in [-0.4, -0.2) is 33.4 Å². The van der Waals surface area contributed by atoms with Crippen LogP contribution < -0.4 is 20.4 Å². The standard InChI is InChI=1S/C22H22N2O8S/c1-13(24-33(28,29)18-7-5-17(30-3)6-8-18)22(27)31-12-15-10-21(26)32-20-11-16(23-14(2)25)4-9-19(15)20/h4-11,13,24H,12H2,1-3H3,(H,23,25). The lowest BCUT2D eigenvalue weighted by atomic mass is 10.1. The van der Waals surface area contributed by atoms with E-state index in [1.54, 1.807) is 12.1 Å². The van der Waals surface area contributed by atoms with Gasteiger partial charge in [-0.05, 0) is 43.3 Å². The minimum absolute atomic E-state index is 0.0374. The molecule has 10 nitrogen and oxygen atoms in total. The quantitative estimate of drug-likeness (QED) is 0.374.